The minimum atomic E-state index is -1.38. The first-order valence-electron chi connectivity index (χ1n) is 20.6. The molecule has 2 aliphatic carbocycles. The monoisotopic (exact) mass is 876 g/mol. The predicted octanol–water partition coefficient (Wildman–Crippen LogP) is 4.89. The number of carbonyl (C=O) groups is 2. The first-order valence-corrected chi connectivity index (χ1v) is 21.3. The van der Waals surface area contributed by atoms with E-state index in [4.69, 9.17) is 36.0 Å². The highest BCUT2D eigenvalue weighted by atomic mass is 79.9. The van der Waals surface area contributed by atoms with E-state index < -0.39 is 18.2 Å². The number of guanidine groups is 2. The van der Waals surface area contributed by atoms with Crippen molar-refractivity contribution < 1.29 is 29.1 Å². The van der Waals surface area contributed by atoms with Crippen LogP contribution in [0.5, 0.6) is 11.5 Å². The molecule has 2 amide bonds. The van der Waals surface area contributed by atoms with Crippen LogP contribution in [0.2, 0.25) is 0 Å². The molecule has 2 aromatic heterocycles. The molecule has 0 saturated heterocycles. The van der Waals surface area contributed by atoms with Gasteiger partial charge >= 0.3 is 7.12 Å². The normalized spacial score (nSPS) is 24.3. The summed E-state index contributed by atoms with van der Waals surface area (Å²) in [5, 5.41) is 17.1. The third-order valence-electron chi connectivity index (χ3n) is 12.8. The van der Waals surface area contributed by atoms with Gasteiger partial charge in [-0.1, -0.05) is 34.8 Å². The Hall–Kier alpha value is -5.32. The molecular formula is C44H50BBrN8O6. The summed E-state index contributed by atoms with van der Waals surface area (Å²) in [4.78, 5) is 46.6. The van der Waals surface area contributed by atoms with Crippen LogP contribution in [0.25, 0.3) is 11.1 Å². The topological polar surface area (TPSA) is 202 Å². The molecule has 10 rings (SSSR count). The Kier molecular flexibility index (Phi) is 11.2. The highest BCUT2D eigenvalue weighted by Crippen LogP contribution is 2.55. The van der Waals surface area contributed by atoms with Gasteiger partial charge in [-0.05, 0) is 123 Å². The smallest absolute Gasteiger partial charge is 0.487 e. The van der Waals surface area contributed by atoms with Gasteiger partial charge in [0.25, 0.3) is 11.8 Å². The van der Waals surface area contributed by atoms with Crippen molar-refractivity contribution in [2.75, 3.05) is 14.1 Å². The summed E-state index contributed by atoms with van der Waals surface area (Å²) in [6, 6.07) is 18.9. The van der Waals surface area contributed by atoms with Gasteiger partial charge in [0.2, 0.25) is 0 Å². The number of fused-ring (bicyclic) bond motifs is 4. The minimum absolute atomic E-state index is 0.0531. The average molecular weight is 878 g/mol. The summed E-state index contributed by atoms with van der Waals surface area (Å²) in [5.41, 5.74) is 13.7. The minimum Gasteiger partial charge on any atom is -0.487 e. The Morgan fingerprint density at radius 2 is 1.08 bits per heavy atom. The van der Waals surface area contributed by atoms with E-state index in [1.165, 1.54) is 35.0 Å². The van der Waals surface area contributed by atoms with Gasteiger partial charge in [-0.3, -0.25) is 29.4 Å². The number of hydrogen-bond donors (Lipinski definition) is 4. The quantitative estimate of drug-likeness (QED) is 0.201. The molecule has 4 spiro atoms. The number of benzene rings is 2. The molecular weight excluding hydrogens is 827 g/mol. The summed E-state index contributed by atoms with van der Waals surface area (Å²) in [7, 11) is 2.01. The van der Waals surface area contributed by atoms with E-state index in [0.29, 0.717) is 18.3 Å². The Balaban J connectivity index is 0.000000140. The standard InChI is InChI=1S/C22H24N4O2.C17H20BrN3O2.C5H6BNO2/c1-26-19(27)22(25-20(26)23)14-21(9-3-2-4-10-21)28-18-6-5-16(13-17(18)22)15-7-11-24-12-8-15;1-21-14(22)17(20-15(21)19)10-16(7-3-2-4-8-16)23-13-6-5-11(18)9-12(13)17;8-6(9)5-1-3-7-4-2-5/h5-8,11-13H,2-4,9-10,14H2,1H3,(H2,23,25);5-6,9H,2-4,7-8,10H2,1H3,(H2,19,20);1-4,8-9H. The molecule has 2 aromatic carbocycles. The van der Waals surface area contributed by atoms with E-state index in [9.17, 15) is 9.59 Å². The molecule has 0 radical (unpaired) electrons. The van der Waals surface area contributed by atoms with Crippen LogP contribution < -0.4 is 26.4 Å². The fourth-order valence-corrected chi connectivity index (χ4v) is 10.1. The molecule has 60 heavy (non-hydrogen) atoms. The van der Waals surface area contributed by atoms with Crippen molar-refractivity contribution in [1.29, 1.82) is 0 Å². The van der Waals surface area contributed by atoms with Gasteiger partial charge in [0.1, 0.15) is 22.7 Å². The number of ether oxygens (including phenoxy) is 2. The van der Waals surface area contributed by atoms with Crippen LogP contribution in [-0.4, -0.2) is 86.0 Å². The van der Waals surface area contributed by atoms with Crippen LogP contribution in [0.1, 0.15) is 88.2 Å². The fourth-order valence-electron chi connectivity index (χ4n) is 9.71. The zero-order valence-electron chi connectivity index (χ0n) is 33.9. The Morgan fingerprint density at radius 3 is 1.52 bits per heavy atom. The highest BCUT2D eigenvalue weighted by molar-refractivity contribution is 9.10. The van der Waals surface area contributed by atoms with Crippen molar-refractivity contribution in [2.45, 2.75) is 99.3 Å². The molecule has 6 N–H and O–H groups in total. The maximum Gasteiger partial charge on any atom is 0.488 e. The molecule has 2 fully saturated rings. The Morgan fingerprint density at radius 1 is 0.633 bits per heavy atom. The molecule has 2 atom stereocenters. The first kappa shape index (κ1) is 41.4. The van der Waals surface area contributed by atoms with Gasteiger partial charge in [0, 0.05) is 67.3 Å². The molecule has 4 aromatic rings. The molecule has 2 saturated carbocycles. The number of hydrogen-bond acceptors (Lipinski definition) is 12. The van der Waals surface area contributed by atoms with Gasteiger partial charge < -0.3 is 31.0 Å². The lowest BCUT2D eigenvalue weighted by Gasteiger charge is -2.47. The number of rotatable bonds is 2. The molecule has 16 heteroatoms. The summed E-state index contributed by atoms with van der Waals surface area (Å²) < 4.78 is 13.9. The van der Waals surface area contributed by atoms with E-state index in [1.54, 1.807) is 38.6 Å². The van der Waals surface area contributed by atoms with Crippen molar-refractivity contribution >= 4 is 52.2 Å². The maximum absolute atomic E-state index is 13.4. The lowest BCUT2D eigenvalue weighted by molar-refractivity contribution is -0.135. The second-order valence-electron chi connectivity index (χ2n) is 16.7. The van der Waals surface area contributed by atoms with Crippen molar-refractivity contribution in [3.05, 3.63) is 101 Å². The van der Waals surface area contributed by atoms with Gasteiger partial charge in [-0.15, -0.1) is 0 Å². The zero-order valence-corrected chi connectivity index (χ0v) is 35.5. The maximum atomic E-state index is 13.4. The molecule has 312 valence electrons. The van der Waals surface area contributed by atoms with Crippen LogP contribution in [0, 0.1) is 0 Å². The first-order chi connectivity index (χ1) is 28.8. The second-order valence-corrected chi connectivity index (χ2v) is 17.6. The number of halogens is 1. The SMILES string of the molecule is CN1C(=O)C2(CC3(CCCCC3)Oc3ccc(-c4ccncc4)cc32)N=C1N.CN1C(=O)C2(CC3(CCCCC3)Oc3ccc(Br)cc32)N=C1N.OB(O)c1ccncc1. The molecule has 0 bridgehead atoms. The number of pyridine rings is 2. The number of aromatic nitrogens is 2. The Bertz CT molecular complexity index is 2320. The van der Waals surface area contributed by atoms with E-state index >= 15 is 0 Å². The van der Waals surface area contributed by atoms with E-state index in [0.717, 1.165) is 89.6 Å². The zero-order chi connectivity index (χ0) is 42.3. The van der Waals surface area contributed by atoms with E-state index in [1.807, 2.05) is 48.5 Å². The number of nitrogens with zero attached hydrogens (tertiary/aromatic N) is 6. The summed E-state index contributed by atoms with van der Waals surface area (Å²) in [6.07, 6.45) is 18.4. The van der Waals surface area contributed by atoms with Crippen LogP contribution >= 0.6 is 15.9 Å². The van der Waals surface area contributed by atoms with Gasteiger partial charge in [0.05, 0.1) is 0 Å². The van der Waals surface area contributed by atoms with Crippen molar-refractivity contribution in [3.63, 3.8) is 0 Å². The Labute approximate surface area is 358 Å². The van der Waals surface area contributed by atoms with Gasteiger partial charge in [-0.25, -0.2) is 9.98 Å². The number of carbonyl (C=O) groups excluding carboxylic acids is 2. The van der Waals surface area contributed by atoms with E-state index in [-0.39, 0.29) is 34.9 Å². The number of amides is 2. The largest absolute Gasteiger partial charge is 0.488 e. The second kappa shape index (κ2) is 16.3. The summed E-state index contributed by atoms with van der Waals surface area (Å²) in [6.45, 7) is 0. The van der Waals surface area contributed by atoms with Crippen molar-refractivity contribution in [3.8, 4) is 22.6 Å². The third-order valence-corrected chi connectivity index (χ3v) is 13.3. The van der Waals surface area contributed by atoms with Crippen LogP contribution in [0.4, 0.5) is 0 Å². The molecule has 6 aliphatic rings. The van der Waals surface area contributed by atoms with Crippen molar-refractivity contribution in [2.24, 2.45) is 21.5 Å². The molecule has 6 heterocycles. The highest BCUT2D eigenvalue weighted by Gasteiger charge is 2.59. The lowest BCUT2D eigenvalue weighted by Crippen LogP contribution is -2.52. The predicted molar refractivity (Wildman–Crippen MR) is 232 cm³/mol. The van der Waals surface area contributed by atoms with E-state index in [2.05, 4.69) is 30.9 Å². The van der Waals surface area contributed by atoms with Gasteiger partial charge in [-0.2, -0.15) is 0 Å². The van der Waals surface area contributed by atoms with Gasteiger partial charge in [0.15, 0.2) is 23.0 Å². The van der Waals surface area contributed by atoms with Crippen LogP contribution in [0.15, 0.2) is 99.9 Å². The average Bonchev–Trinajstić information content (AvgIpc) is 3.60. The molecule has 4 aliphatic heterocycles. The third kappa shape index (κ3) is 7.53. The summed E-state index contributed by atoms with van der Waals surface area (Å²) in [5.74, 6) is 1.97. The number of likely N-dealkylation sites (N-methyl/N-ethyl adjacent to an activating group) is 2. The summed E-state index contributed by atoms with van der Waals surface area (Å²) >= 11 is 3.50. The van der Waals surface area contributed by atoms with Crippen LogP contribution in [-0.2, 0) is 20.7 Å². The molecule has 2 unspecified atom stereocenters. The number of aliphatic imine (C=N–C) groups is 2. The molecule has 14 nitrogen and oxygen atoms in total. The fraction of sp³-hybridized carbons (Fsp3) is 0.409. The van der Waals surface area contributed by atoms with Crippen LogP contribution in [0.3, 0.4) is 0 Å². The van der Waals surface area contributed by atoms with Crippen molar-refractivity contribution in [1.82, 2.24) is 19.8 Å². The lowest BCUT2D eigenvalue weighted by atomic mass is 9.70. The number of nitrogens with two attached hydrogens (primary N) is 2.